The Labute approximate surface area is 181 Å². The first kappa shape index (κ1) is 20.6. The number of nitrogens with one attached hydrogen (secondary N) is 1. The number of pyridine rings is 1. The maximum Gasteiger partial charge on any atom is 0.234 e. The van der Waals surface area contributed by atoms with Crippen LogP contribution in [0.25, 0.3) is 11.4 Å². The molecule has 1 N–H and O–H groups in total. The number of amides is 1. The van der Waals surface area contributed by atoms with Crippen LogP contribution in [0.15, 0.2) is 53.9 Å². The van der Waals surface area contributed by atoms with Gasteiger partial charge in [-0.3, -0.25) is 14.3 Å². The minimum Gasteiger partial charge on any atom is -0.325 e. The zero-order valence-corrected chi connectivity index (χ0v) is 18.2. The van der Waals surface area contributed by atoms with Crippen molar-refractivity contribution in [3.63, 3.8) is 0 Å². The predicted molar refractivity (Wildman–Crippen MR) is 120 cm³/mol. The topological polar surface area (TPSA) is 72.7 Å². The van der Waals surface area contributed by atoms with Gasteiger partial charge in [-0.25, -0.2) is 0 Å². The summed E-state index contributed by atoms with van der Waals surface area (Å²) in [4.78, 5) is 16.8. The van der Waals surface area contributed by atoms with Crippen LogP contribution in [0.3, 0.4) is 0 Å². The third-order valence-corrected chi connectivity index (χ3v) is 6.59. The number of benzene rings is 1. The zero-order valence-electron chi connectivity index (χ0n) is 17.4. The van der Waals surface area contributed by atoms with Gasteiger partial charge in [-0.15, -0.1) is 10.2 Å². The van der Waals surface area contributed by atoms with E-state index >= 15 is 0 Å². The molecule has 1 aliphatic carbocycles. The van der Waals surface area contributed by atoms with E-state index in [1.165, 1.54) is 36.6 Å². The average Bonchev–Trinajstić information content (AvgIpc) is 3.18. The Balaban J connectivity index is 1.54. The maximum atomic E-state index is 12.5. The number of aryl methyl sites for hydroxylation is 1. The minimum atomic E-state index is -0.0435. The number of anilines is 1. The van der Waals surface area contributed by atoms with Crippen LogP contribution in [0, 0.1) is 12.8 Å². The fourth-order valence-electron chi connectivity index (χ4n) is 4.01. The zero-order chi connectivity index (χ0) is 20.9. The normalized spacial score (nSPS) is 18.9. The molecule has 2 aromatic heterocycles. The van der Waals surface area contributed by atoms with Crippen LogP contribution in [-0.4, -0.2) is 31.4 Å². The Hall–Kier alpha value is -2.67. The van der Waals surface area contributed by atoms with Crippen LogP contribution in [-0.2, 0) is 4.79 Å². The van der Waals surface area contributed by atoms with Crippen molar-refractivity contribution in [2.24, 2.45) is 5.92 Å². The second kappa shape index (κ2) is 9.43. The third kappa shape index (κ3) is 4.73. The lowest BCUT2D eigenvalue weighted by Gasteiger charge is -2.31. The number of rotatable bonds is 6. The number of aromatic nitrogens is 4. The van der Waals surface area contributed by atoms with Gasteiger partial charge < -0.3 is 5.32 Å². The second-order valence-electron chi connectivity index (χ2n) is 7.95. The van der Waals surface area contributed by atoms with Gasteiger partial charge in [0, 0.05) is 29.7 Å². The molecule has 0 bridgehead atoms. The van der Waals surface area contributed by atoms with Crippen LogP contribution >= 0.6 is 11.8 Å². The molecule has 0 radical (unpaired) electrons. The molecule has 1 aromatic carbocycles. The molecular formula is C23H27N5OS. The standard InChI is InChI=1S/C23H27N5OS/c1-16-9-11-19(12-10-16)25-21(29)15-30-23-27-26-22(18-7-5-13-24-14-18)28(23)20-8-4-3-6-17(20)2/h5,7,9-14,17,20H,3-4,6,8,15H2,1-2H3,(H,25,29)/t17-,20-/m0/s1. The van der Waals surface area contributed by atoms with Gasteiger partial charge in [0.1, 0.15) is 0 Å². The molecule has 0 aliphatic heterocycles. The van der Waals surface area contributed by atoms with Crippen molar-refractivity contribution in [1.29, 1.82) is 0 Å². The Bertz CT molecular complexity index is 987. The summed E-state index contributed by atoms with van der Waals surface area (Å²) < 4.78 is 2.24. The van der Waals surface area contributed by atoms with E-state index < -0.39 is 0 Å². The highest BCUT2D eigenvalue weighted by Crippen LogP contribution is 2.38. The molecule has 2 heterocycles. The fourth-order valence-corrected chi connectivity index (χ4v) is 4.80. The summed E-state index contributed by atoms with van der Waals surface area (Å²) in [5.74, 6) is 1.63. The molecule has 4 rings (SSSR count). The molecule has 2 atom stereocenters. The van der Waals surface area contributed by atoms with E-state index in [0.29, 0.717) is 17.7 Å². The fraction of sp³-hybridized carbons (Fsp3) is 0.391. The number of nitrogens with zero attached hydrogens (tertiary/aromatic N) is 4. The minimum absolute atomic E-state index is 0.0435. The summed E-state index contributed by atoms with van der Waals surface area (Å²) in [7, 11) is 0. The van der Waals surface area contributed by atoms with E-state index in [1.807, 2.05) is 49.5 Å². The van der Waals surface area contributed by atoms with Crippen molar-refractivity contribution in [3.05, 3.63) is 54.4 Å². The first-order valence-corrected chi connectivity index (χ1v) is 11.4. The van der Waals surface area contributed by atoms with Crippen LogP contribution in [0.2, 0.25) is 0 Å². The number of carbonyl (C=O) groups excluding carboxylic acids is 1. The van der Waals surface area contributed by atoms with E-state index in [2.05, 4.69) is 32.0 Å². The molecule has 6 nitrogen and oxygen atoms in total. The Morgan fingerprint density at radius 3 is 2.70 bits per heavy atom. The molecule has 7 heteroatoms. The molecule has 3 aromatic rings. The maximum absolute atomic E-state index is 12.5. The van der Waals surface area contributed by atoms with E-state index in [0.717, 1.165) is 28.7 Å². The molecule has 156 valence electrons. The molecule has 30 heavy (non-hydrogen) atoms. The van der Waals surface area contributed by atoms with Crippen molar-refractivity contribution in [2.45, 2.75) is 50.7 Å². The van der Waals surface area contributed by atoms with Crippen molar-refractivity contribution in [1.82, 2.24) is 19.7 Å². The highest BCUT2D eigenvalue weighted by molar-refractivity contribution is 7.99. The Morgan fingerprint density at radius 2 is 1.97 bits per heavy atom. The first-order valence-electron chi connectivity index (χ1n) is 10.5. The largest absolute Gasteiger partial charge is 0.325 e. The van der Waals surface area contributed by atoms with Crippen LogP contribution in [0.1, 0.15) is 44.2 Å². The van der Waals surface area contributed by atoms with Gasteiger partial charge in [-0.2, -0.15) is 0 Å². The number of carbonyl (C=O) groups is 1. The third-order valence-electron chi connectivity index (χ3n) is 5.65. The summed E-state index contributed by atoms with van der Waals surface area (Å²) in [6, 6.07) is 12.1. The highest BCUT2D eigenvalue weighted by atomic mass is 32.2. The van der Waals surface area contributed by atoms with Crippen molar-refractivity contribution < 1.29 is 4.79 Å². The van der Waals surface area contributed by atoms with Crippen molar-refractivity contribution in [3.8, 4) is 11.4 Å². The quantitative estimate of drug-likeness (QED) is 0.559. The SMILES string of the molecule is Cc1ccc(NC(=O)CSc2nnc(-c3cccnc3)n2[C@H]2CCCC[C@@H]2C)cc1. The summed E-state index contributed by atoms with van der Waals surface area (Å²) in [5, 5.41) is 12.7. The van der Waals surface area contributed by atoms with Gasteiger partial charge in [-0.1, -0.05) is 49.2 Å². The van der Waals surface area contributed by atoms with E-state index in [9.17, 15) is 4.79 Å². The molecule has 1 aliphatic rings. The van der Waals surface area contributed by atoms with Gasteiger partial charge in [0.2, 0.25) is 5.91 Å². The van der Waals surface area contributed by atoms with Crippen LogP contribution in [0.4, 0.5) is 5.69 Å². The molecule has 0 saturated heterocycles. The van der Waals surface area contributed by atoms with Gasteiger partial charge in [0.25, 0.3) is 0 Å². The van der Waals surface area contributed by atoms with Crippen molar-refractivity contribution >= 4 is 23.4 Å². The highest BCUT2D eigenvalue weighted by Gasteiger charge is 2.29. The smallest absolute Gasteiger partial charge is 0.234 e. The lowest BCUT2D eigenvalue weighted by atomic mass is 9.85. The van der Waals surface area contributed by atoms with E-state index in [4.69, 9.17) is 0 Å². The Kier molecular flexibility index (Phi) is 6.47. The van der Waals surface area contributed by atoms with E-state index in [-0.39, 0.29) is 5.91 Å². The van der Waals surface area contributed by atoms with Gasteiger partial charge >= 0.3 is 0 Å². The monoisotopic (exact) mass is 421 g/mol. The van der Waals surface area contributed by atoms with Crippen LogP contribution in [0.5, 0.6) is 0 Å². The summed E-state index contributed by atoms with van der Waals surface area (Å²) in [5.41, 5.74) is 2.93. The number of hydrogen-bond donors (Lipinski definition) is 1. The Morgan fingerprint density at radius 1 is 1.17 bits per heavy atom. The first-order chi connectivity index (χ1) is 14.6. The van der Waals surface area contributed by atoms with Gasteiger partial charge in [0.05, 0.1) is 5.75 Å². The van der Waals surface area contributed by atoms with E-state index in [1.54, 1.807) is 6.20 Å². The molecule has 0 spiro atoms. The number of thioether (sulfide) groups is 1. The lowest BCUT2D eigenvalue weighted by Crippen LogP contribution is -2.23. The summed E-state index contributed by atoms with van der Waals surface area (Å²) in [6.45, 7) is 4.33. The molecule has 0 unspecified atom stereocenters. The summed E-state index contributed by atoms with van der Waals surface area (Å²) in [6.07, 6.45) is 8.37. The van der Waals surface area contributed by atoms with Gasteiger partial charge in [0.15, 0.2) is 11.0 Å². The molecule has 1 fully saturated rings. The van der Waals surface area contributed by atoms with Gasteiger partial charge in [-0.05, 0) is 49.9 Å². The molecular weight excluding hydrogens is 394 g/mol. The summed E-state index contributed by atoms with van der Waals surface area (Å²) >= 11 is 1.45. The second-order valence-corrected chi connectivity index (χ2v) is 8.89. The number of hydrogen-bond acceptors (Lipinski definition) is 5. The molecule has 1 amide bonds. The van der Waals surface area contributed by atoms with Crippen LogP contribution < -0.4 is 5.32 Å². The molecule has 1 saturated carbocycles. The lowest BCUT2D eigenvalue weighted by molar-refractivity contribution is -0.113. The average molecular weight is 422 g/mol. The predicted octanol–water partition coefficient (Wildman–Crippen LogP) is 5.13. The van der Waals surface area contributed by atoms with Crippen molar-refractivity contribution in [2.75, 3.05) is 11.1 Å².